The Balaban J connectivity index is 4.38. The third-order valence-electron chi connectivity index (χ3n) is 13.2. The zero-order valence-corrected chi connectivity index (χ0v) is 49.5. The number of allylic oxidation sites excluding steroid dienone is 20. The van der Waals surface area contributed by atoms with Crippen LogP contribution in [0, 0.1) is 0 Å². The summed E-state index contributed by atoms with van der Waals surface area (Å²) in [6.45, 7) is 6.48. The largest absolute Gasteiger partial charge is 0.462 e. The summed E-state index contributed by atoms with van der Waals surface area (Å²) in [4.78, 5) is 38.2. The summed E-state index contributed by atoms with van der Waals surface area (Å²) in [6.07, 6.45) is 87.7. The van der Waals surface area contributed by atoms with Gasteiger partial charge < -0.3 is 14.2 Å². The third-order valence-corrected chi connectivity index (χ3v) is 13.2. The fourth-order valence-corrected chi connectivity index (χ4v) is 8.49. The van der Waals surface area contributed by atoms with Crippen LogP contribution in [0.4, 0.5) is 0 Å². The maximum atomic E-state index is 12.9. The Morgan fingerprint density at radius 3 is 0.816 bits per heavy atom. The highest BCUT2D eigenvalue weighted by Crippen LogP contribution is 2.15. The minimum absolute atomic E-state index is 0.0927. The predicted molar refractivity (Wildman–Crippen MR) is 330 cm³/mol. The second kappa shape index (κ2) is 63.3. The molecule has 0 saturated heterocycles. The van der Waals surface area contributed by atoms with E-state index in [1.54, 1.807) is 0 Å². The summed E-state index contributed by atoms with van der Waals surface area (Å²) in [6, 6.07) is 0. The summed E-state index contributed by atoms with van der Waals surface area (Å²) >= 11 is 0. The summed E-state index contributed by atoms with van der Waals surface area (Å²) in [5.74, 6) is -0.933. The summed E-state index contributed by atoms with van der Waals surface area (Å²) in [7, 11) is 0. The van der Waals surface area contributed by atoms with E-state index in [0.717, 1.165) is 128 Å². The lowest BCUT2D eigenvalue weighted by molar-refractivity contribution is -0.167. The molecule has 1 atom stereocenters. The van der Waals surface area contributed by atoms with E-state index in [-0.39, 0.29) is 31.1 Å². The van der Waals surface area contributed by atoms with E-state index >= 15 is 0 Å². The Bertz CT molecular complexity index is 1590. The van der Waals surface area contributed by atoms with Crippen molar-refractivity contribution in [2.45, 2.75) is 290 Å². The molecule has 0 spiro atoms. The van der Waals surface area contributed by atoms with E-state index in [2.05, 4.69) is 142 Å². The van der Waals surface area contributed by atoms with Gasteiger partial charge in [-0.2, -0.15) is 0 Å². The Labute approximate surface area is 469 Å². The van der Waals surface area contributed by atoms with Crippen molar-refractivity contribution in [1.29, 1.82) is 0 Å². The Morgan fingerprint density at radius 2 is 0.513 bits per heavy atom. The Morgan fingerprint density at radius 1 is 0.276 bits per heavy atom. The first-order chi connectivity index (χ1) is 37.5. The number of carbonyl (C=O) groups is 3. The molecular formula is C70H116O6. The van der Waals surface area contributed by atoms with Gasteiger partial charge in [0, 0.05) is 19.3 Å². The van der Waals surface area contributed by atoms with E-state index < -0.39 is 6.10 Å². The summed E-state index contributed by atoms with van der Waals surface area (Å²) < 4.78 is 16.9. The van der Waals surface area contributed by atoms with Crippen molar-refractivity contribution >= 4 is 17.9 Å². The molecule has 0 aliphatic carbocycles. The first-order valence-corrected chi connectivity index (χ1v) is 31.5. The zero-order valence-electron chi connectivity index (χ0n) is 49.5. The second-order valence-corrected chi connectivity index (χ2v) is 20.6. The van der Waals surface area contributed by atoms with Gasteiger partial charge in [-0.1, -0.05) is 271 Å². The molecule has 0 saturated carbocycles. The van der Waals surface area contributed by atoms with Crippen LogP contribution in [0.1, 0.15) is 284 Å². The van der Waals surface area contributed by atoms with Crippen molar-refractivity contribution in [2.24, 2.45) is 0 Å². The van der Waals surface area contributed by atoms with Gasteiger partial charge in [0.05, 0.1) is 0 Å². The molecule has 0 aromatic rings. The Hall–Kier alpha value is -4.19. The lowest BCUT2D eigenvalue weighted by Gasteiger charge is -2.18. The fraction of sp³-hybridized carbons (Fsp3) is 0.671. The molecule has 0 aromatic heterocycles. The van der Waals surface area contributed by atoms with E-state index in [9.17, 15) is 14.4 Å². The highest BCUT2D eigenvalue weighted by atomic mass is 16.6. The average molecular weight is 1050 g/mol. The van der Waals surface area contributed by atoms with Gasteiger partial charge in [-0.3, -0.25) is 14.4 Å². The van der Waals surface area contributed by atoms with Crippen molar-refractivity contribution < 1.29 is 28.6 Å². The normalized spacial score (nSPS) is 12.9. The maximum absolute atomic E-state index is 12.9. The minimum Gasteiger partial charge on any atom is -0.462 e. The van der Waals surface area contributed by atoms with Crippen molar-refractivity contribution in [3.8, 4) is 0 Å². The molecule has 6 heteroatoms. The molecule has 0 aromatic carbocycles. The van der Waals surface area contributed by atoms with Gasteiger partial charge in [-0.15, -0.1) is 0 Å². The highest BCUT2D eigenvalue weighted by Gasteiger charge is 2.19. The molecule has 0 aliphatic heterocycles. The Kier molecular flexibility index (Phi) is 59.9. The summed E-state index contributed by atoms with van der Waals surface area (Å²) in [5.41, 5.74) is 0. The molecule has 0 N–H and O–H groups in total. The molecule has 76 heavy (non-hydrogen) atoms. The first-order valence-electron chi connectivity index (χ1n) is 31.5. The van der Waals surface area contributed by atoms with Crippen LogP contribution in [-0.2, 0) is 28.6 Å². The highest BCUT2D eigenvalue weighted by molar-refractivity contribution is 5.71. The molecule has 0 radical (unpaired) electrons. The van der Waals surface area contributed by atoms with Crippen molar-refractivity contribution in [1.82, 2.24) is 0 Å². The van der Waals surface area contributed by atoms with Crippen LogP contribution in [-0.4, -0.2) is 37.2 Å². The van der Waals surface area contributed by atoms with Gasteiger partial charge in [0.25, 0.3) is 0 Å². The van der Waals surface area contributed by atoms with E-state index in [4.69, 9.17) is 14.2 Å². The minimum atomic E-state index is -0.798. The average Bonchev–Trinajstić information content (AvgIpc) is 3.42. The molecule has 0 amide bonds. The van der Waals surface area contributed by atoms with Crippen molar-refractivity contribution in [3.05, 3.63) is 122 Å². The number of hydrogen-bond donors (Lipinski definition) is 0. The standard InChI is InChI=1S/C70H116O6/c1-4-7-10-13-16-19-22-24-26-28-30-32-34-35-37-38-40-42-44-46-48-51-54-57-60-63-69(72)75-66-67(65-74-68(71)62-59-56-53-50-21-18-15-12-9-6-3)76-70(73)64-61-58-55-52-49-47-45-43-41-39-36-33-31-29-27-25-23-20-17-14-11-8-5-2/h7,10,16,19,23-26,29-32,35-37,39-40,42,46,48,67H,4-6,8-9,11-15,17-18,20-22,27-28,33-34,38,41,43-45,47,49-66H2,1-3H3/b10-7-,19-16-,25-23-,26-24-,31-29-,32-30-,37-35-,39-36-,42-40-,48-46-. The van der Waals surface area contributed by atoms with Gasteiger partial charge in [0.2, 0.25) is 0 Å². The van der Waals surface area contributed by atoms with Gasteiger partial charge in [-0.05, 0) is 116 Å². The molecule has 0 heterocycles. The topological polar surface area (TPSA) is 78.9 Å². The lowest BCUT2D eigenvalue weighted by atomic mass is 10.1. The van der Waals surface area contributed by atoms with Gasteiger partial charge in [0.1, 0.15) is 13.2 Å². The number of carbonyl (C=O) groups excluding carboxylic acids is 3. The monoisotopic (exact) mass is 1050 g/mol. The lowest BCUT2D eigenvalue weighted by Crippen LogP contribution is -2.30. The molecule has 0 bridgehead atoms. The van der Waals surface area contributed by atoms with Crippen LogP contribution in [0.5, 0.6) is 0 Å². The molecule has 0 fully saturated rings. The van der Waals surface area contributed by atoms with Crippen LogP contribution >= 0.6 is 0 Å². The van der Waals surface area contributed by atoms with Gasteiger partial charge in [-0.25, -0.2) is 0 Å². The number of hydrogen-bond acceptors (Lipinski definition) is 6. The predicted octanol–water partition coefficient (Wildman–Crippen LogP) is 21.6. The fourth-order valence-electron chi connectivity index (χ4n) is 8.49. The van der Waals surface area contributed by atoms with E-state index in [1.165, 1.54) is 116 Å². The number of unbranched alkanes of at least 4 members (excludes halogenated alkanes) is 25. The van der Waals surface area contributed by atoms with Crippen LogP contribution in [0.25, 0.3) is 0 Å². The van der Waals surface area contributed by atoms with Crippen LogP contribution in [0.2, 0.25) is 0 Å². The van der Waals surface area contributed by atoms with Gasteiger partial charge >= 0.3 is 17.9 Å². The molecule has 0 aliphatic rings. The maximum Gasteiger partial charge on any atom is 0.306 e. The number of ether oxygens (including phenoxy) is 3. The van der Waals surface area contributed by atoms with Crippen LogP contribution in [0.15, 0.2) is 122 Å². The molecule has 432 valence electrons. The van der Waals surface area contributed by atoms with Crippen LogP contribution in [0.3, 0.4) is 0 Å². The number of rotatable bonds is 56. The number of esters is 3. The smallest absolute Gasteiger partial charge is 0.306 e. The quantitative estimate of drug-likeness (QED) is 0.0261. The third kappa shape index (κ3) is 60.7. The van der Waals surface area contributed by atoms with Crippen molar-refractivity contribution in [2.75, 3.05) is 13.2 Å². The first kappa shape index (κ1) is 71.8. The van der Waals surface area contributed by atoms with E-state index in [1.807, 2.05) is 0 Å². The molecule has 6 nitrogen and oxygen atoms in total. The van der Waals surface area contributed by atoms with Crippen LogP contribution < -0.4 is 0 Å². The molecular weight excluding hydrogens is 937 g/mol. The van der Waals surface area contributed by atoms with Crippen molar-refractivity contribution in [3.63, 3.8) is 0 Å². The zero-order chi connectivity index (χ0) is 55.0. The second-order valence-electron chi connectivity index (χ2n) is 20.6. The molecule has 0 rings (SSSR count). The van der Waals surface area contributed by atoms with Gasteiger partial charge in [0.15, 0.2) is 6.10 Å². The molecule has 1 unspecified atom stereocenters. The SMILES string of the molecule is CC/C=C\C/C=C\C/C=C\C/C=C\C/C=C\C/C=C\C/C=C\CCCCCC(=O)OCC(COC(=O)CCCCCCCCCCCC)OC(=O)CCCCCCCCCC/C=C\C/C=C\C/C=C\CCCCCCC. The summed E-state index contributed by atoms with van der Waals surface area (Å²) in [5, 5.41) is 0. The van der Waals surface area contributed by atoms with E-state index in [0.29, 0.717) is 19.3 Å².